The summed E-state index contributed by atoms with van der Waals surface area (Å²) >= 11 is 0. The highest BCUT2D eigenvalue weighted by molar-refractivity contribution is 5.01. The molecule has 0 aliphatic rings. The summed E-state index contributed by atoms with van der Waals surface area (Å²) in [6.45, 7) is 10.8. The van der Waals surface area contributed by atoms with Crippen LogP contribution in [0.15, 0.2) is 12.5 Å². The van der Waals surface area contributed by atoms with Crippen LogP contribution in [-0.2, 0) is 6.54 Å². The predicted molar refractivity (Wildman–Crippen MR) is 76.6 cm³/mol. The second-order valence-corrected chi connectivity index (χ2v) is 5.90. The van der Waals surface area contributed by atoms with Crippen molar-refractivity contribution in [3.63, 3.8) is 0 Å². The Morgan fingerprint density at radius 2 is 1.94 bits per heavy atom. The third kappa shape index (κ3) is 4.42. The van der Waals surface area contributed by atoms with Crippen molar-refractivity contribution < 1.29 is 0 Å². The normalized spacial score (nSPS) is 13.8. The summed E-state index contributed by atoms with van der Waals surface area (Å²) in [5.74, 6) is 0.597. The number of nitrogens with zero attached hydrogens (tertiary/aromatic N) is 3. The van der Waals surface area contributed by atoms with E-state index < -0.39 is 0 Å². The van der Waals surface area contributed by atoms with Crippen molar-refractivity contribution in [2.75, 3.05) is 20.6 Å². The first-order valence-electron chi connectivity index (χ1n) is 6.80. The molecule has 4 nitrogen and oxygen atoms in total. The van der Waals surface area contributed by atoms with Crippen LogP contribution in [0.3, 0.4) is 0 Å². The van der Waals surface area contributed by atoms with Crippen molar-refractivity contribution in [3.05, 3.63) is 18.2 Å². The van der Waals surface area contributed by atoms with Crippen LogP contribution in [0.2, 0.25) is 0 Å². The summed E-state index contributed by atoms with van der Waals surface area (Å²) in [5, 5.41) is 3.46. The van der Waals surface area contributed by atoms with Gasteiger partial charge in [0.25, 0.3) is 0 Å². The molecule has 1 atom stereocenters. The molecule has 1 rings (SSSR count). The maximum Gasteiger partial charge on any atom is 0.0951 e. The fourth-order valence-electron chi connectivity index (χ4n) is 2.07. The van der Waals surface area contributed by atoms with Gasteiger partial charge in [0.05, 0.1) is 12.0 Å². The van der Waals surface area contributed by atoms with Gasteiger partial charge in [-0.1, -0.05) is 27.7 Å². The predicted octanol–water partition coefficient (Wildman–Crippen LogP) is 2.14. The molecule has 0 saturated carbocycles. The Labute approximate surface area is 111 Å². The SMILES string of the molecule is CC(C)NCc1cncn1C(CN(C)C)C(C)C. The van der Waals surface area contributed by atoms with Crippen LogP contribution in [0, 0.1) is 5.92 Å². The van der Waals surface area contributed by atoms with E-state index in [1.54, 1.807) is 0 Å². The number of imidazole rings is 1. The molecule has 0 amide bonds. The van der Waals surface area contributed by atoms with Crippen LogP contribution >= 0.6 is 0 Å². The summed E-state index contributed by atoms with van der Waals surface area (Å²) < 4.78 is 2.32. The summed E-state index contributed by atoms with van der Waals surface area (Å²) in [5.41, 5.74) is 1.27. The second-order valence-electron chi connectivity index (χ2n) is 5.90. The van der Waals surface area contributed by atoms with E-state index in [1.807, 2.05) is 12.5 Å². The van der Waals surface area contributed by atoms with Crippen LogP contribution in [-0.4, -0.2) is 41.1 Å². The van der Waals surface area contributed by atoms with Gasteiger partial charge in [-0.05, 0) is 20.0 Å². The zero-order valence-electron chi connectivity index (χ0n) is 12.6. The Kier molecular flexibility index (Phi) is 5.82. The molecular weight excluding hydrogens is 224 g/mol. The van der Waals surface area contributed by atoms with Crippen LogP contribution in [0.25, 0.3) is 0 Å². The molecule has 104 valence electrons. The molecule has 0 radical (unpaired) electrons. The molecule has 0 fully saturated rings. The van der Waals surface area contributed by atoms with Crippen LogP contribution in [0.5, 0.6) is 0 Å². The van der Waals surface area contributed by atoms with E-state index in [2.05, 4.69) is 61.6 Å². The fourth-order valence-corrected chi connectivity index (χ4v) is 2.07. The lowest BCUT2D eigenvalue weighted by Gasteiger charge is -2.27. The first-order chi connectivity index (χ1) is 8.41. The Bertz CT molecular complexity index is 341. The minimum Gasteiger partial charge on any atom is -0.329 e. The highest BCUT2D eigenvalue weighted by atomic mass is 15.2. The number of rotatable bonds is 7. The van der Waals surface area contributed by atoms with Gasteiger partial charge < -0.3 is 14.8 Å². The van der Waals surface area contributed by atoms with Crippen molar-refractivity contribution in [1.29, 1.82) is 0 Å². The molecule has 0 aromatic carbocycles. The van der Waals surface area contributed by atoms with Gasteiger partial charge in [-0.15, -0.1) is 0 Å². The minimum absolute atomic E-state index is 0.478. The summed E-state index contributed by atoms with van der Waals surface area (Å²) in [4.78, 5) is 6.56. The second kappa shape index (κ2) is 6.90. The molecule has 4 heteroatoms. The van der Waals surface area contributed by atoms with Crippen molar-refractivity contribution in [2.24, 2.45) is 5.92 Å². The van der Waals surface area contributed by atoms with Gasteiger partial charge in [-0.3, -0.25) is 0 Å². The van der Waals surface area contributed by atoms with E-state index in [9.17, 15) is 0 Å². The third-order valence-electron chi connectivity index (χ3n) is 3.12. The number of likely N-dealkylation sites (N-methyl/N-ethyl adjacent to an activating group) is 1. The van der Waals surface area contributed by atoms with Gasteiger partial charge in [0.1, 0.15) is 0 Å². The number of hydrogen-bond donors (Lipinski definition) is 1. The zero-order chi connectivity index (χ0) is 13.7. The van der Waals surface area contributed by atoms with Crippen LogP contribution in [0.1, 0.15) is 39.4 Å². The molecule has 18 heavy (non-hydrogen) atoms. The van der Waals surface area contributed by atoms with E-state index in [-0.39, 0.29) is 0 Å². The topological polar surface area (TPSA) is 33.1 Å². The summed E-state index contributed by atoms with van der Waals surface area (Å²) in [7, 11) is 4.25. The zero-order valence-corrected chi connectivity index (χ0v) is 12.6. The lowest BCUT2D eigenvalue weighted by atomic mass is 10.0. The van der Waals surface area contributed by atoms with Crippen molar-refractivity contribution in [3.8, 4) is 0 Å². The third-order valence-corrected chi connectivity index (χ3v) is 3.12. The van der Waals surface area contributed by atoms with Gasteiger partial charge in [0.2, 0.25) is 0 Å². The minimum atomic E-state index is 0.478. The van der Waals surface area contributed by atoms with Gasteiger partial charge in [-0.2, -0.15) is 0 Å². The Hall–Kier alpha value is -0.870. The van der Waals surface area contributed by atoms with Gasteiger partial charge in [0.15, 0.2) is 0 Å². The molecule has 1 aromatic rings. The summed E-state index contributed by atoms with van der Waals surface area (Å²) in [6.07, 6.45) is 3.94. The quantitative estimate of drug-likeness (QED) is 0.807. The summed E-state index contributed by atoms with van der Waals surface area (Å²) in [6, 6.07) is 0.978. The monoisotopic (exact) mass is 252 g/mol. The molecule has 0 saturated heterocycles. The maximum absolute atomic E-state index is 4.32. The van der Waals surface area contributed by atoms with Gasteiger partial charge in [-0.25, -0.2) is 4.98 Å². The molecule has 0 spiro atoms. The smallest absolute Gasteiger partial charge is 0.0951 e. The highest BCUT2D eigenvalue weighted by Gasteiger charge is 2.18. The Morgan fingerprint density at radius 3 is 2.44 bits per heavy atom. The van der Waals surface area contributed by atoms with Crippen molar-refractivity contribution >= 4 is 0 Å². The molecule has 0 aliphatic heterocycles. The van der Waals surface area contributed by atoms with E-state index in [0.717, 1.165) is 13.1 Å². The Balaban J connectivity index is 2.81. The van der Waals surface area contributed by atoms with E-state index in [4.69, 9.17) is 0 Å². The lowest BCUT2D eigenvalue weighted by Crippen LogP contribution is -2.30. The molecule has 1 aromatic heterocycles. The van der Waals surface area contributed by atoms with E-state index in [1.165, 1.54) is 5.69 Å². The van der Waals surface area contributed by atoms with Gasteiger partial charge in [0, 0.05) is 31.4 Å². The number of nitrogens with one attached hydrogen (secondary N) is 1. The highest BCUT2D eigenvalue weighted by Crippen LogP contribution is 2.20. The molecular formula is C14H28N4. The van der Waals surface area contributed by atoms with Crippen LogP contribution in [0.4, 0.5) is 0 Å². The molecule has 1 N–H and O–H groups in total. The first-order valence-corrected chi connectivity index (χ1v) is 6.80. The number of aromatic nitrogens is 2. The van der Waals surface area contributed by atoms with Crippen molar-refractivity contribution in [2.45, 2.75) is 46.3 Å². The van der Waals surface area contributed by atoms with Crippen molar-refractivity contribution in [1.82, 2.24) is 19.8 Å². The van der Waals surface area contributed by atoms with Crippen LogP contribution < -0.4 is 5.32 Å². The molecule has 0 aliphatic carbocycles. The average molecular weight is 252 g/mol. The standard InChI is InChI=1S/C14H28N4/c1-11(2)14(9-17(5)6)18-10-15-7-13(18)8-16-12(3)4/h7,10-12,14,16H,8-9H2,1-6H3. The molecule has 0 bridgehead atoms. The van der Waals surface area contributed by atoms with Gasteiger partial charge >= 0.3 is 0 Å². The Morgan fingerprint density at radius 1 is 1.28 bits per heavy atom. The average Bonchev–Trinajstić information content (AvgIpc) is 2.70. The first kappa shape index (κ1) is 15.2. The largest absolute Gasteiger partial charge is 0.329 e. The molecule has 1 heterocycles. The number of hydrogen-bond acceptors (Lipinski definition) is 3. The fraction of sp³-hybridized carbons (Fsp3) is 0.786. The lowest BCUT2D eigenvalue weighted by molar-refractivity contribution is 0.264. The van der Waals surface area contributed by atoms with E-state index in [0.29, 0.717) is 18.0 Å². The maximum atomic E-state index is 4.32. The van der Waals surface area contributed by atoms with E-state index >= 15 is 0 Å². The molecule has 1 unspecified atom stereocenters.